The molecule has 1 aliphatic carbocycles. The predicted molar refractivity (Wildman–Crippen MR) is 111 cm³/mol. The Bertz CT molecular complexity index is 954. The van der Waals surface area contributed by atoms with E-state index in [2.05, 4.69) is 30.3 Å². The molecule has 2 fully saturated rings. The van der Waals surface area contributed by atoms with Crippen LogP contribution in [0.15, 0.2) is 54.6 Å². The molecule has 2 unspecified atom stereocenters. The minimum Gasteiger partial charge on any atom is -0.387 e. The third-order valence-electron chi connectivity index (χ3n) is 6.98. The van der Waals surface area contributed by atoms with E-state index >= 15 is 4.39 Å². The van der Waals surface area contributed by atoms with E-state index in [1.54, 1.807) is 0 Å². The summed E-state index contributed by atoms with van der Waals surface area (Å²) in [7, 11) is 0. The molecule has 1 heterocycles. The highest BCUT2D eigenvalue weighted by Crippen LogP contribution is 2.50. The number of hydrogen-bond donors (Lipinski definition) is 1. The molecule has 146 valence electrons. The molecule has 1 saturated heterocycles. The summed E-state index contributed by atoms with van der Waals surface area (Å²) in [6, 6.07) is 18.7. The number of ether oxygens (including phenoxy) is 1. The Labute approximate surface area is 165 Å². The Morgan fingerprint density at radius 1 is 0.857 bits per heavy atom. The average molecular weight is 378 g/mol. The van der Waals surface area contributed by atoms with Crippen LogP contribution in [0.4, 0.5) is 4.39 Å². The van der Waals surface area contributed by atoms with E-state index in [1.807, 2.05) is 24.3 Å². The maximum Gasteiger partial charge on any atom is 0.144 e. The maximum atomic E-state index is 16.2. The summed E-state index contributed by atoms with van der Waals surface area (Å²) in [5.41, 5.74) is -1.74. The van der Waals surface area contributed by atoms with Gasteiger partial charge in [0, 0.05) is 12.8 Å². The first-order valence-corrected chi connectivity index (χ1v) is 10.5. The highest BCUT2D eigenvalue weighted by atomic mass is 19.1. The van der Waals surface area contributed by atoms with Gasteiger partial charge in [-0.15, -0.1) is 0 Å². The summed E-state index contributed by atoms with van der Waals surface area (Å²) in [5, 5.41) is 15.7. The standard InChI is InChI=1S/C25H27FO2/c26-24(25(27)12-6-1-7-13-25)14-15-28-22(17-24)23-20-10-4-2-8-18(20)16-19-9-3-5-11-21(19)23/h2-5,8-11,16,22,27H,1,6-7,12-15,17H2. The fourth-order valence-electron chi connectivity index (χ4n) is 5.41. The number of alkyl halides is 1. The molecule has 2 nitrogen and oxygen atoms in total. The summed E-state index contributed by atoms with van der Waals surface area (Å²) in [6.07, 6.45) is 4.19. The lowest BCUT2D eigenvalue weighted by Crippen LogP contribution is -2.55. The van der Waals surface area contributed by atoms with Gasteiger partial charge in [0.1, 0.15) is 5.67 Å². The molecule has 1 aliphatic heterocycles. The second kappa shape index (κ2) is 6.82. The average Bonchev–Trinajstić information content (AvgIpc) is 2.72. The SMILES string of the molecule is OC1(C2(F)CCOC(c3c4ccccc4cc4ccccc34)C2)CCCCC1. The van der Waals surface area contributed by atoms with Crippen molar-refractivity contribution in [2.75, 3.05) is 6.61 Å². The minimum absolute atomic E-state index is 0.224. The first-order chi connectivity index (χ1) is 13.6. The van der Waals surface area contributed by atoms with E-state index in [0.29, 0.717) is 19.4 Å². The Balaban J connectivity index is 1.63. The predicted octanol–water partition coefficient (Wildman–Crippen LogP) is 6.25. The summed E-state index contributed by atoms with van der Waals surface area (Å²) in [6.45, 7) is 0.348. The van der Waals surface area contributed by atoms with Crippen LogP contribution in [0.2, 0.25) is 0 Å². The molecule has 0 amide bonds. The molecule has 0 spiro atoms. The van der Waals surface area contributed by atoms with Gasteiger partial charge in [0.05, 0.1) is 18.3 Å². The fourth-order valence-corrected chi connectivity index (χ4v) is 5.41. The molecule has 0 bridgehead atoms. The largest absolute Gasteiger partial charge is 0.387 e. The van der Waals surface area contributed by atoms with Crippen molar-refractivity contribution in [2.45, 2.75) is 62.3 Å². The minimum atomic E-state index is -1.59. The lowest BCUT2D eigenvalue weighted by molar-refractivity contribution is -0.179. The highest BCUT2D eigenvalue weighted by Gasteiger charge is 2.54. The third-order valence-corrected chi connectivity index (χ3v) is 6.98. The molecule has 3 aromatic rings. The molecule has 1 N–H and O–H groups in total. The fraction of sp³-hybridized carbons (Fsp3) is 0.440. The van der Waals surface area contributed by atoms with E-state index in [1.165, 1.54) is 0 Å². The van der Waals surface area contributed by atoms with Crippen molar-refractivity contribution in [1.29, 1.82) is 0 Å². The molecule has 1 saturated carbocycles. The van der Waals surface area contributed by atoms with E-state index < -0.39 is 11.3 Å². The Morgan fingerprint density at radius 3 is 2.11 bits per heavy atom. The van der Waals surface area contributed by atoms with Crippen molar-refractivity contribution < 1.29 is 14.2 Å². The smallest absolute Gasteiger partial charge is 0.144 e. The lowest BCUT2D eigenvalue weighted by Gasteiger charge is -2.48. The molecule has 0 radical (unpaired) electrons. The van der Waals surface area contributed by atoms with Crippen LogP contribution in [0.1, 0.15) is 56.6 Å². The topological polar surface area (TPSA) is 29.5 Å². The normalized spacial score (nSPS) is 27.9. The molecule has 3 heteroatoms. The molecule has 2 atom stereocenters. The van der Waals surface area contributed by atoms with Gasteiger partial charge in [-0.3, -0.25) is 0 Å². The Morgan fingerprint density at radius 2 is 1.46 bits per heavy atom. The summed E-state index contributed by atoms with van der Waals surface area (Å²) in [4.78, 5) is 0. The van der Waals surface area contributed by atoms with Crippen molar-refractivity contribution in [3.8, 4) is 0 Å². The van der Waals surface area contributed by atoms with E-state index in [9.17, 15) is 5.11 Å². The number of halogens is 1. The number of hydrogen-bond acceptors (Lipinski definition) is 2. The Kier molecular flexibility index (Phi) is 4.41. The number of rotatable bonds is 2. The molecule has 28 heavy (non-hydrogen) atoms. The van der Waals surface area contributed by atoms with Gasteiger partial charge in [-0.05, 0) is 46.0 Å². The van der Waals surface area contributed by atoms with Crippen molar-refractivity contribution in [3.05, 3.63) is 60.2 Å². The van der Waals surface area contributed by atoms with Crippen molar-refractivity contribution in [1.82, 2.24) is 0 Å². The van der Waals surface area contributed by atoms with E-state index in [4.69, 9.17) is 4.74 Å². The van der Waals surface area contributed by atoms with Gasteiger partial charge in [0.2, 0.25) is 0 Å². The van der Waals surface area contributed by atoms with Gasteiger partial charge >= 0.3 is 0 Å². The van der Waals surface area contributed by atoms with Crippen LogP contribution in [0.25, 0.3) is 21.5 Å². The van der Waals surface area contributed by atoms with Crippen molar-refractivity contribution in [3.63, 3.8) is 0 Å². The molecule has 3 aromatic carbocycles. The van der Waals surface area contributed by atoms with Gasteiger partial charge in [-0.2, -0.15) is 0 Å². The zero-order valence-electron chi connectivity index (χ0n) is 16.2. The molecule has 2 aliphatic rings. The molecule has 0 aromatic heterocycles. The summed E-state index contributed by atoms with van der Waals surface area (Å²) < 4.78 is 22.4. The number of benzene rings is 3. The highest BCUT2D eigenvalue weighted by molar-refractivity contribution is 6.02. The summed E-state index contributed by atoms with van der Waals surface area (Å²) in [5.74, 6) is 0. The first kappa shape index (κ1) is 18.1. The second-order valence-corrected chi connectivity index (χ2v) is 8.60. The van der Waals surface area contributed by atoms with Crippen molar-refractivity contribution in [2.24, 2.45) is 0 Å². The zero-order chi connectivity index (χ0) is 19.2. The number of fused-ring (bicyclic) bond motifs is 2. The van der Waals surface area contributed by atoms with Gasteiger partial charge < -0.3 is 9.84 Å². The van der Waals surface area contributed by atoms with E-state index in [-0.39, 0.29) is 18.9 Å². The van der Waals surface area contributed by atoms with Crippen LogP contribution in [0.5, 0.6) is 0 Å². The second-order valence-electron chi connectivity index (χ2n) is 8.60. The molecular formula is C25H27FO2. The van der Waals surface area contributed by atoms with E-state index in [0.717, 1.165) is 46.4 Å². The number of aliphatic hydroxyl groups is 1. The monoisotopic (exact) mass is 378 g/mol. The first-order valence-electron chi connectivity index (χ1n) is 10.5. The molecular weight excluding hydrogens is 351 g/mol. The quantitative estimate of drug-likeness (QED) is 0.534. The lowest BCUT2D eigenvalue weighted by atomic mass is 9.68. The van der Waals surface area contributed by atoms with Crippen LogP contribution >= 0.6 is 0 Å². The van der Waals surface area contributed by atoms with Crippen LogP contribution in [-0.2, 0) is 4.74 Å². The van der Waals surface area contributed by atoms with Crippen LogP contribution in [-0.4, -0.2) is 23.0 Å². The Hall–Kier alpha value is -1.97. The molecule has 5 rings (SSSR count). The van der Waals surface area contributed by atoms with Crippen LogP contribution < -0.4 is 0 Å². The van der Waals surface area contributed by atoms with Gasteiger partial charge in [-0.25, -0.2) is 4.39 Å². The van der Waals surface area contributed by atoms with Gasteiger partial charge in [0.25, 0.3) is 0 Å². The maximum absolute atomic E-state index is 16.2. The summed E-state index contributed by atoms with van der Waals surface area (Å²) >= 11 is 0. The van der Waals surface area contributed by atoms with Gasteiger partial charge in [0.15, 0.2) is 0 Å². The van der Waals surface area contributed by atoms with Crippen LogP contribution in [0.3, 0.4) is 0 Å². The van der Waals surface area contributed by atoms with Gasteiger partial charge in [-0.1, -0.05) is 67.8 Å². The zero-order valence-corrected chi connectivity index (χ0v) is 16.2. The van der Waals surface area contributed by atoms with Crippen molar-refractivity contribution >= 4 is 21.5 Å². The third kappa shape index (κ3) is 2.84. The van der Waals surface area contributed by atoms with Crippen LogP contribution in [0, 0.1) is 0 Å².